The summed E-state index contributed by atoms with van der Waals surface area (Å²) in [5.41, 5.74) is 3.53. The van der Waals surface area contributed by atoms with Crippen molar-refractivity contribution in [3.8, 4) is 16.9 Å². The maximum atomic E-state index is 13.3. The van der Waals surface area contributed by atoms with Crippen LogP contribution in [0.3, 0.4) is 0 Å². The van der Waals surface area contributed by atoms with Gasteiger partial charge in [-0.3, -0.25) is 14.4 Å². The van der Waals surface area contributed by atoms with Crippen molar-refractivity contribution in [3.05, 3.63) is 53.6 Å². The van der Waals surface area contributed by atoms with Gasteiger partial charge in [-0.25, -0.2) is 0 Å². The van der Waals surface area contributed by atoms with Crippen LogP contribution >= 0.6 is 0 Å². The first kappa shape index (κ1) is 22.1. The first-order chi connectivity index (χ1) is 15.3. The van der Waals surface area contributed by atoms with Crippen LogP contribution in [0.25, 0.3) is 11.1 Å². The highest BCUT2D eigenvalue weighted by Crippen LogP contribution is 2.50. The van der Waals surface area contributed by atoms with E-state index >= 15 is 0 Å². The molecule has 0 saturated carbocycles. The quantitative estimate of drug-likeness (QED) is 0.715. The van der Waals surface area contributed by atoms with Gasteiger partial charge in [0.05, 0.1) is 12.1 Å². The second kappa shape index (κ2) is 8.77. The smallest absolute Gasteiger partial charge is 0.257 e. The first-order valence-corrected chi connectivity index (χ1v) is 11.3. The number of carbonyl (C=O) groups excluding carboxylic acids is 3. The molecule has 0 radical (unpaired) electrons. The molecule has 2 heterocycles. The van der Waals surface area contributed by atoms with E-state index in [0.717, 1.165) is 23.1 Å². The molecular weight excluding hydrogens is 404 g/mol. The number of benzene rings is 2. The lowest BCUT2D eigenvalue weighted by Gasteiger charge is -2.26. The van der Waals surface area contributed by atoms with Crippen LogP contribution in [0.4, 0.5) is 0 Å². The molecule has 168 valence electrons. The van der Waals surface area contributed by atoms with Crippen LogP contribution in [0.1, 0.15) is 56.1 Å². The molecule has 3 unspecified atom stereocenters. The van der Waals surface area contributed by atoms with Gasteiger partial charge in [-0.15, -0.1) is 0 Å². The number of rotatable bonds is 7. The maximum absolute atomic E-state index is 13.3. The number of Topliss-reactive ketones (excluding diaryl/α,β-unsaturated/α-hetero) is 1. The number of hydrogen-bond donors (Lipinski definition) is 1. The van der Waals surface area contributed by atoms with Crippen molar-refractivity contribution in [2.75, 3.05) is 13.2 Å². The van der Waals surface area contributed by atoms with E-state index in [1.807, 2.05) is 70.2 Å². The fourth-order valence-electron chi connectivity index (χ4n) is 4.92. The summed E-state index contributed by atoms with van der Waals surface area (Å²) in [4.78, 5) is 39.8. The molecule has 2 aliphatic rings. The Morgan fingerprint density at radius 2 is 1.78 bits per heavy atom. The Hall–Kier alpha value is -3.15. The molecule has 0 spiro atoms. The van der Waals surface area contributed by atoms with Crippen LogP contribution in [0.5, 0.6) is 5.75 Å². The van der Waals surface area contributed by atoms with Crippen LogP contribution in [-0.4, -0.2) is 41.7 Å². The van der Waals surface area contributed by atoms with Crippen molar-refractivity contribution in [3.63, 3.8) is 0 Å². The van der Waals surface area contributed by atoms with Crippen molar-refractivity contribution in [2.24, 2.45) is 11.8 Å². The molecule has 2 aliphatic heterocycles. The zero-order valence-corrected chi connectivity index (χ0v) is 19.1. The van der Waals surface area contributed by atoms with Crippen LogP contribution in [-0.2, 0) is 9.59 Å². The van der Waals surface area contributed by atoms with Gasteiger partial charge in [0.2, 0.25) is 0 Å². The SMILES string of the molecule is CCCNC(=O)COc1ccc(-c2cccc3c2C2C(C)C(=O)C(C(C)C)N2C3=O)cc1. The number of carbonyl (C=O) groups is 3. The summed E-state index contributed by atoms with van der Waals surface area (Å²) < 4.78 is 5.59. The summed E-state index contributed by atoms with van der Waals surface area (Å²) in [6.07, 6.45) is 0.880. The number of hydrogen-bond acceptors (Lipinski definition) is 4. The minimum Gasteiger partial charge on any atom is -0.484 e. The highest BCUT2D eigenvalue weighted by atomic mass is 16.5. The minimum absolute atomic E-state index is 0.0260. The van der Waals surface area contributed by atoms with Gasteiger partial charge in [0.25, 0.3) is 11.8 Å². The molecule has 2 amide bonds. The van der Waals surface area contributed by atoms with Crippen molar-refractivity contribution in [1.29, 1.82) is 0 Å². The number of fused-ring (bicyclic) bond motifs is 3. The van der Waals surface area contributed by atoms with E-state index in [0.29, 0.717) is 17.9 Å². The fraction of sp³-hybridized carbons (Fsp3) is 0.423. The minimum atomic E-state index is -0.377. The number of ketones is 1. The van der Waals surface area contributed by atoms with Crippen LogP contribution in [0.2, 0.25) is 0 Å². The van der Waals surface area contributed by atoms with E-state index < -0.39 is 0 Å². The molecule has 1 saturated heterocycles. The number of nitrogens with zero attached hydrogens (tertiary/aromatic N) is 1. The highest BCUT2D eigenvalue weighted by Gasteiger charge is 2.55. The first-order valence-electron chi connectivity index (χ1n) is 11.3. The molecule has 0 bridgehead atoms. The summed E-state index contributed by atoms with van der Waals surface area (Å²) in [5.74, 6) is 0.385. The summed E-state index contributed by atoms with van der Waals surface area (Å²) in [6.45, 7) is 8.53. The molecule has 1 fully saturated rings. The molecule has 6 nitrogen and oxygen atoms in total. The molecule has 2 aromatic rings. The van der Waals surface area contributed by atoms with Crippen molar-refractivity contribution in [1.82, 2.24) is 10.2 Å². The summed E-state index contributed by atoms with van der Waals surface area (Å²) >= 11 is 0. The third kappa shape index (κ3) is 3.68. The Bertz CT molecular complexity index is 1040. The molecule has 1 N–H and O–H groups in total. The topological polar surface area (TPSA) is 75.7 Å². The van der Waals surface area contributed by atoms with E-state index in [1.165, 1.54) is 0 Å². The van der Waals surface area contributed by atoms with Crippen LogP contribution in [0.15, 0.2) is 42.5 Å². The van der Waals surface area contributed by atoms with E-state index in [2.05, 4.69) is 5.32 Å². The second-order valence-electron chi connectivity index (χ2n) is 8.97. The Morgan fingerprint density at radius 3 is 2.44 bits per heavy atom. The predicted molar refractivity (Wildman–Crippen MR) is 122 cm³/mol. The molecule has 4 rings (SSSR count). The molecule has 32 heavy (non-hydrogen) atoms. The highest BCUT2D eigenvalue weighted by molar-refractivity contribution is 6.07. The van der Waals surface area contributed by atoms with E-state index in [-0.39, 0.29) is 48.1 Å². The number of amides is 2. The number of ether oxygens (including phenoxy) is 1. The van der Waals surface area contributed by atoms with Gasteiger partial charge < -0.3 is 15.0 Å². The summed E-state index contributed by atoms with van der Waals surface area (Å²) in [7, 11) is 0. The van der Waals surface area contributed by atoms with Crippen molar-refractivity contribution < 1.29 is 19.1 Å². The van der Waals surface area contributed by atoms with Gasteiger partial charge in [0.1, 0.15) is 5.75 Å². The molecule has 3 atom stereocenters. The zero-order valence-electron chi connectivity index (χ0n) is 19.1. The average molecular weight is 435 g/mol. The fourth-order valence-corrected chi connectivity index (χ4v) is 4.92. The van der Waals surface area contributed by atoms with Gasteiger partial charge in [-0.05, 0) is 47.2 Å². The van der Waals surface area contributed by atoms with E-state index in [9.17, 15) is 14.4 Å². The van der Waals surface area contributed by atoms with Crippen molar-refractivity contribution >= 4 is 17.6 Å². The Balaban J connectivity index is 1.61. The normalized spacial score (nSPS) is 21.7. The zero-order chi connectivity index (χ0) is 23.0. The lowest BCUT2D eigenvalue weighted by Crippen LogP contribution is -2.39. The third-order valence-corrected chi connectivity index (χ3v) is 6.42. The van der Waals surface area contributed by atoms with Crippen molar-refractivity contribution in [2.45, 2.75) is 46.2 Å². The summed E-state index contributed by atoms with van der Waals surface area (Å²) in [5, 5.41) is 2.78. The van der Waals surface area contributed by atoms with E-state index in [1.54, 1.807) is 4.90 Å². The van der Waals surface area contributed by atoms with Gasteiger partial charge in [-0.1, -0.05) is 52.0 Å². The largest absolute Gasteiger partial charge is 0.484 e. The third-order valence-electron chi connectivity index (χ3n) is 6.42. The average Bonchev–Trinajstić information content (AvgIpc) is 3.22. The Morgan fingerprint density at radius 1 is 1.09 bits per heavy atom. The number of nitrogens with one attached hydrogen (secondary N) is 1. The molecule has 0 aromatic heterocycles. The van der Waals surface area contributed by atoms with Crippen LogP contribution < -0.4 is 10.1 Å². The lowest BCUT2D eigenvalue weighted by molar-refractivity contribution is -0.123. The van der Waals surface area contributed by atoms with Gasteiger partial charge in [0, 0.05) is 18.0 Å². The molecule has 0 aliphatic carbocycles. The Labute approximate surface area is 188 Å². The molecular formula is C26H30N2O4. The predicted octanol–water partition coefficient (Wildman–Crippen LogP) is 4.00. The van der Waals surface area contributed by atoms with E-state index in [4.69, 9.17) is 4.74 Å². The monoisotopic (exact) mass is 434 g/mol. The Kier molecular flexibility index (Phi) is 6.04. The molecule has 2 aromatic carbocycles. The maximum Gasteiger partial charge on any atom is 0.257 e. The van der Waals surface area contributed by atoms with Crippen LogP contribution in [0, 0.1) is 11.8 Å². The van der Waals surface area contributed by atoms with Gasteiger partial charge >= 0.3 is 0 Å². The lowest BCUT2D eigenvalue weighted by atomic mass is 9.86. The summed E-state index contributed by atoms with van der Waals surface area (Å²) in [6, 6.07) is 12.7. The standard InChI is InChI=1S/C26H30N2O4/c1-5-13-27-21(29)14-32-18-11-9-17(10-12-18)19-7-6-8-20-22(19)24-16(4)25(30)23(15(2)3)28(24)26(20)31/h6-12,15-16,23-24H,5,13-14H2,1-4H3,(H,27,29). The van der Waals surface area contributed by atoms with Gasteiger partial charge in [-0.2, -0.15) is 0 Å². The second-order valence-corrected chi connectivity index (χ2v) is 8.97. The molecule has 6 heteroatoms. The van der Waals surface area contributed by atoms with Gasteiger partial charge in [0.15, 0.2) is 12.4 Å².